The fraction of sp³-hybridized carbons (Fsp3) is 0.211. The van der Waals surface area contributed by atoms with Gasteiger partial charge in [-0.05, 0) is 24.6 Å². The van der Waals surface area contributed by atoms with Crippen LogP contribution in [0, 0.1) is 0 Å². The number of aromatic nitrogens is 2. The Labute approximate surface area is 124 Å². The first-order valence-corrected chi connectivity index (χ1v) is 7.65. The summed E-state index contributed by atoms with van der Waals surface area (Å²) in [6.07, 6.45) is 2.40. The fourth-order valence-corrected chi connectivity index (χ4v) is 3.10. The second-order valence-corrected chi connectivity index (χ2v) is 5.57. The molecule has 0 N–H and O–H groups in total. The highest BCUT2D eigenvalue weighted by Crippen LogP contribution is 2.30. The highest BCUT2D eigenvalue weighted by molar-refractivity contribution is 6.08. The number of fused-ring (bicyclic) bond motifs is 4. The molecule has 4 aromatic rings. The van der Waals surface area contributed by atoms with Gasteiger partial charge in [-0.15, -0.1) is 0 Å². The summed E-state index contributed by atoms with van der Waals surface area (Å²) in [6, 6.07) is 19.3. The van der Waals surface area contributed by atoms with Gasteiger partial charge in [-0.1, -0.05) is 49.7 Å². The van der Waals surface area contributed by atoms with Crippen LogP contribution in [0.15, 0.2) is 54.6 Å². The highest BCUT2D eigenvalue weighted by Gasteiger charge is 2.11. The summed E-state index contributed by atoms with van der Waals surface area (Å²) in [4.78, 5) is 4.91. The van der Waals surface area contributed by atoms with Crippen molar-refractivity contribution in [3.05, 3.63) is 54.6 Å². The molecule has 0 saturated carbocycles. The molecule has 2 nitrogen and oxygen atoms in total. The lowest BCUT2D eigenvalue weighted by Crippen LogP contribution is -1.97. The van der Waals surface area contributed by atoms with Crippen molar-refractivity contribution in [3.8, 4) is 0 Å². The molecule has 21 heavy (non-hydrogen) atoms. The summed E-state index contributed by atoms with van der Waals surface area (Å²) < 4.78 is 2.42. The van der Waals surface area contributed by atoms with Crippen molar-refractivity contribution in [1.29, 1.82) is 0 Å². The molecule has 2 aromatic heterocycles. The van der Waals surface area contributed by atoms with E-state index >= 15 is 0 Å². The van der Waals surface area contributed by atoms with Crippen LogP contribution in [-0.4, -0.2) is 9.55 Å². The maximum atomic E-state index is 4.91. The molecule has 0 bridgehead atoms. The molecule has 0 fully saturated rings. The van der Waals surface area contributed by atoms with Crippen molar-refractivity contribution in [2.24, 2.45) is 0 Å². The number of aryl methyl sites for hydroxylation is 1. The molecule has 4 rings (SSSR count). The Hall–Kier alpha value is -2.35. The van der Waals surface area contributed by atoms with Gasteiger partial charge in [0, 0.05) is 17.3 Å². The quantitative estimate of drug-likeness (QED) is 0.505. The van der Waals surface area contributed by atoms with Crippen molar-refractivity contribution in [3.63, 3.8) is 0 Å². The molecule has 0 aliphatic heterocycles. The van der Waals surface area contributed by atoms with Gasteiger partial charge in [0.1, 0.15) is 0 Å². The van der Waals surface area contributed by atoms with Gasteiger partial charge in [0.2, 0.25) is 0 Å². The van der Waals surface area contributed by atoms with Gasteiger partial charge >= 0.3 is 0 Å². The molecule has 2 aromatic carbocycles. The lowest BCUT2D eigenvalue weighted by molar-refractivity contribution is 0.665. The maximum Gasteiger partial charge on any atom is 0.0967 e. The molecule has 0 saturated heterocycles. The Morgan fingerprint density at radius 3 is 2.67 bits per heavy atom. The number of unbranched alkanes of at least 4 members (excludes halogenated alkanes) is 1. The molecule has 0 aliphatic carbocycles. The van der Waals surface area contributed by atoms with Crippen LogP contribution in [0.25, 0.3) is 32.8 Å². The van der Waals surface area contributed by atoms with Crippen molar-refractivity contribution >= 4 is 32.8 Å². The van der Waals surface area contributed by atoms with E-state index in [9.17, 15) is 0 Å². The number of para-hydroxylation sites is 2. The summed E-state index contributed by atoms with van der Waals surface area (Å²) in [5, 5.41) is 2.47. The Morgan fingerprint density at radius 2 is 1.76 bits per heavy atom. The molecule has 0 amide bonds. The number of hydrogen-bond donors (Lipinski definition) is 0. The van der Waals surface area contributed by atoms with Crippen LogP contribution in [-0.2, 0) is 6.54 Å². The molecule has 0 unspecified atom stereocenters. The minimum atomic E-state index is 1.06. The van der Waals surface area contributed by atoms with E-state index in [4.69, 9.17) is 4.98 Å². The molecule has 0 spiro atoms. The second kappa shape index (κ2) is 4.88. The van der Waals surface area contributed by atoms with Crippen LogP contribution in [0.2, 0.25) is 0 Å². The summed E-state index contributed by atoms with van der Waals surface area (Å²) >= 11 is 0. The standard InChI is InChI=1S/C19H18N2/c1-2-3-12-21-17-11-7-5-9-15(17)19-18(21)13-14-8-4-6-10-16(14)20-19/h4-11,13H,2-3,12H2,1H3. The highest BCUT2D eigenvalue weighted by atomic mass is 15.0. The molecule has 2 heteroatoms. The van der Waals surface area contributed by atoms with Gasteiger partial charge in [0.05, 0.1) is 22.1 Å². The van der Waals surface area contributed by atoms with E-state index in [0.717, 1.165) is 17.6 Å². The SMILES string of the molecule is CCCCn1c2ccccc2c2nc3ccccc3cc21. The van der Waals surface area contributed by atoms with Crippen LogP contribution >= 0.6 is 0 Å². The monoisotopic (exact) mass is 274 g/mol. The predicted octanol–water partition coefficient (Wildman–Crippen LogP) is 5.14. The minimum absolute atomic E-state index is 1.06. The smallest absolute Gasteiger partial charge is 0.0967 e. The van der Waals surface area contributed by atoms with Crippen molar-refractivity contribution < 1.29 is 0 Å². The third-order valence-corrected chi connectivity index (χ3v) is 4.18. The minimum Gasteiger partial charge on any atom is -0.339 e. The number of hydrogen-bond acceptors (Lipinski definition) is 1. The first kappa shape index (κ1) is 12.4. The first-order valence-electron chi connectivity index (χ1n) is 7.65. The van der Waals surface area contributed by atoms with Crippen molar-refractivity contribution in [2.45, 2.75) is 26.3 Å². The van der Waals surface area contributed by atoms with Crippen LogP contribution in [0.5, 0.6) is 0 Å². The number of benzene rings is 2. The lowest BCUT2D eigenvalue weighted by Gasteiger charge is -2.06. The molecule has 2 heterocycles. The third-order valence-electron chi connectivity index (χ3n) is 4.18. The zero-order chi connectivity index (χ0) is 14.2. The average molecular weight is 274 g/mol. The molecular formula is C19H18N2. The van der Waals surface area contributed by atoms with Crippen LogP contribution in [0.4, 0.5) is 0 Å². The summed E-state index contributed by atoms with van der Waals surface area (Å²) in [5.41, 5.74) is 4.75. The maximum absolute atomic E-state index is 4.91. The number of nitrogens with zero attached hydrogens (tertiary/aromatic N) is 2. The summed E-state index contributed by atoms with van der Waals surface area (Å²) in [5.74, 6) is 0. The van der Waals surface area contributed by atoms with Gasteiger partial charge < -0.3 is 4.57 Å². The van der Waals surface area contributed by atoms with E-state index in [-0.39, 0.29) is 0 Å². The van der Waals surface area contributed by atoms with Gasteiger partial charge in [-0.25, -0.2) is 4.98 Å². The first-order chi connectivity index (χ1) is 10.4. The Kier molecular flexibility index (Phi) is 2.88. The zero-order valence-electron chi connectivity index (χ0n) is 12.2. The molecular weight excluding hydrogens is 256 g/mol. The number of rotatable bonds is 3. The van der Waals surface area contributed by atoms with E-state index in [0.29, 0.717) is 0 Å². The fourth-order valence-electron chi connectivity index (χ4n) is 3.10. The van der Waals surface area contributed by atoms with E-state index in [2.05, 4.69) is 66.1 Å². The Balaban J connectivity index is 2.13. The molecule has 0 radical (unpaired) electrons. The van der Waals surface area contributed by atoms with E-state index < -0.39 is 0 Å². The van der Waals surface area contributed by atoms with Crippen LogP contribution < -0.4 is 0 Å². The Bertz CT molecular complexity index is 934. The topological polar surface area (TPSA) is 17.8 Å². The van der Waals surface area contributed by atoms with Gasteiger partial charge in [-0.2, -0.15) is 0 Å². The molecule has 0 atom stereocenters. The van der Waals surface area contributed by atoms with E-state index in [1.807, 2.05) is 0 Å². The van der Waals surface area contributed by atoms with Crippen molar-refractivity contribution in [1.82, 2.24) is 9.55 Å². The Morgan fingerprint density at radius 1 is 0.952 bits per heavy atom. The second-order valence-electron chi connectivity index (χ2n) is 5.57. The summed E-state index contributed by atoms with van der Waals surface area (Å²) in [6.45, 7) is 3.29. The zero-order valence-corrected chi connectivity index (χ0v) is 12.2. The average Bonchev–Trinajstić information content (AvgIpc) is 2.84. The predicted molar refractivity (Wildman–Crippen MR) is 89.7 cm³/mol. The van der Waals surface area contributed by atoms with Crippen LogP contribution in [0.1, 0.15) is 19.8 Å². The lowest BCUT2D eigenvalue weighted by atomic mass is 10.2. The summed E-state index contributed by atoms with van der Waals surface area (Å²) in [7, 11) is 0. The van der Waals surface area contributed by atoms with Gasteiger partial charge in [-0.3, -0.25) is 0 Å². The van der Waals surface area contributed by atoms with Gasteiger partial charge in [0.15, 0.2) is 0 Å². The van der Waals surface area contributed by atoms with Crippen LogP contribution in [0.3, 0.4) is 0 Å². The molecule has 104 valence electrons. The normalized spacial score (nSPS) is 11.7. The van der Waals surface area contributed by atoms with E-state index in [1.54, 1.807) is 0 Å². The molecule has 0 aliphatic rings. The third kappa shape index (κ3) is 1.90. The van der Waals surface area contributed by atoms with Gasteiger partial charge in [0.25, 0.3) is 0 Å². The largest absolute Gasteiger partial charge is 0.339 e. The van der Waals surface area contributed by atoms with E-state index in [1.165, 1.54) is 34.6 Å². The van der Waals surface area contributed by atoms with Crippen molar-refractivity contribution in [2.75, 3.05) is 0 Å². The number of pyridine rings is 1.